The molecule has 6 heteroatoms. The van der Waals surface area contributed by atoms with Gasteiger partial charge in [0, 0.05) is 18.7 Å². The summed E-state index contributed by atoms with van der Waals surface area (Å²) in [6.45, 7) is 1.86. The van der Waals surface area contributed by atoms with Crippen LogP contribution in [0.2, 0.25) is 0 Å². The second kappa shape index (κ2) is 8.65. The lowest BCUT2D eigenvalue weighted by Crippen LogP contribution is -2.44. The van der Waals surface area contributed by atoms with Gasteiger partial charge in [0.1, 0.15) is 5.70 Å². The van der Waals surface area contributed by atoms with E-state index in [1.54, 1.807) is 41.3 Å². The number of ether oxygens (including phenoxy) is 1. The Balaban J connectivity index is 1.93. The average Bonchev–Trinajstić information content (AvgIpc) is 2.73. The number of carbonyl (C=O) groups is 2. The molecule has 134 valence electrons. The first-order valence-electron chi connectivity index (χ1n) is 8.35. The molecule has 2 aromatic carbocycles. The molecule has 2 aromatic rings. The molecular formula is C20H19ClN2O3. The summed E-state index contributed by atoms with van der Waals surface area (Å²) in [5, 5.41) is 2.92. The number of hydrogen-bond acceptors (Lipinski definition) is 3. The highest BCUT2D eigenvalue weighted by Gasteiger charge is 2.25. The van der Waals surface area contributed by atoms with Gasteiger partial charge in [-0.05, 0) is 17.7 Å². The van der Waals surface area contributed by atoms with Gasteiger partial charge < -0.3 is 15.0 Å². The number of nitrogens with zero attached hydrogens (tertiary/aromatic N) is 1. The molecule has 0 bridgehead atoms. The molecule has 26 heavy (non-hydrogen) atoms. The molecule has 1 N–H and O–H groups in total. The topological polar surface area (TPSA) is 58.6 Å². The van der Waals surface area contributed by atoms with Gasteiger partial charge in [0.15, 0.2) is 0 Å². The van der Waals surface area contributed by atoms with E-state index in [-0.39, 0.29) is 22.5 Å². The molecule has 1 heterocycles. The summed E-state index contributed by atoms with van der Waals surface area (Å²) >= 11 is 6.50. The molecule has 0 spiro atoms. The van der Waals surface area contributed by atoms with Crippen LogP contribution in [-0.2, 0) is 9.53 Å². The largest absolute Gasteiger partial charge is 0.378 e. The van der Waals surface area contributed by atoms with Gasteiger partial charge in [-0.1, -0.05) is 60.1 Å². The molecule has 3 rings (SSSR count). The van der Waals surface area contributed by atoms with E-state index in [9.17, 15) is 9.59 Å². The lowest BCUT2D eigenvalue weighted by Gasteiger charge is -2.28. The van der Waals surface area contributed by atoms with Crippen LogP contribution in [0.25, 0.3) is 5.03 Å². The lowest BCUT2D eigenvalue weighted by molar-refractivity contribution is -0.131. The number of amides is 2. The van der Waals surface area contributed by atoms with E-state index in [0.29, 0.717) is 37.4 Å². The van der Waals surface area contributed by atoms with Crippen molar-refractivity contribution in [2.45, 2.75) is 0 Å². The molecule has 0 aliphatic carbocycles. The van der Waals surface area contributed by atoms with Crippen molar-refractivity contribution in [2.24, 2.45) is 0 Å². The van der Waals surface area contributed by atoms with Crippen LogP contribution in [0.15, 0.2) is 66.4 Å². The Kier molecular flexibility index (Phi) is 6.04. The summed E-state index contributed by atoms with van der Waals surface area (Å²) < 4.78 is 5.29. The van der Waals surface area contributed by atoms with Gasteiger partial charge in [0.2, 0.25) is 0 Å². The molecule has 1 aliphatic heterocycles. The highest BCUT2D eigenvalue weighted by molar-refractivity contribution is 6.51. The van der Waals surface area contributed by atoms with E-state index in [1.165, 1.54) is 0 Å². The summed E-state index contributed by atoms with van der Waals surface area (Å²) in [7, 11) is 0. The summed E-state index contributed by atoms with van der Waals surface area (Å²) in [6.07, 6.45) is 0. The van der Waals surface area contributed by atoms with Crippen LogP contribution >= 0.6 is 11.6 Å². The summed E-state index contributed by atoms with van der Waals surface area (Å²) in [4.78, 5) is 27.2. The zero-order valence-electron chi connectivity index (χ0n) is 14.2. The first kappa shape index (κ1) is 18.2. The quantitative estimate of drug-likeness (QED) is 0.842. The number of hydrogen-bond donors (Lipinski definition) is 1. The van der Waals surface area contributed by atoms with Gasteiger partial charge in [0.25, 0.3) is 11.8 Å². The number of morpholine rings is 1. The van der Waals surface area contributed by atoms with Gasteiger partial charge in [-0.2, -0.15) is 0 Å². The first-order valence-corrected chi connectivity index (χ1v) is 8.73. The fourth-order valence-electron chi connectivity index (χ4n) is 2.63. The predicted octanol–water partition coefficient (Wildman–Crippen LogP) is 2.88. The summed E-state index contributed by atoms with van der Waals surface area (Å²) in [5.41, 5.74) is 1.20. The number of rotatable bonds is 4. The van der Waals surface area contributed by atoms with Crippen LogP contribution in [0.5, 0.6) is 0 Å². The maximum atomic E-state index is 13.0. The standard InChI is InChI=1S/C20H19ClN2O3/c21-17(15-7-3-1-4-8-15)18(20(25)23-11-13-26-14-12-23)22-19(24)16-9-5-2-6-10-16/h1-10H,11-14H2,(H,22,24)/b18-17-. The van der Waals surface area contributed by atoms with Crippen molar-refractivity contribution >= 4 is 28.4 Å². The monoisotopic (exact) mass is 370 g/mol. The van der Waals surface area contributed by atoms with Crippen molar-refractivity contribution in [1.29, 1.82) is 0 Å². The number of nitrogens with one attached hydrogen (secondary N) is 1. The Bertz CT molecular complexity index is 800. The minimum atomic E-state index is -0.378. The molecule has 1 saturated heterocycles. The smallest absolute Gasteiger partial charge is 0.272 e. The Hall–Kier alpha value is -2.63. The second-order valence-electron chi connectivity index (χ2n) is 5.78. The SMILES string of the molecule is O=C(N/C(C(=O)N1CCOCC1)=C(\Cl)c1ccccc1)c1ccccc1. The van der Waals surface area contributed by atoms with Crippen LogP contribution < -0.4 is 5.32 Å². The van der Waals surface area contributed by atoms with Crippen molar-refractivity contribution in [2.75, 3.05) is 26.3 Å². The molecule has 0 radical (unpaired) electrons. The van der Waals surface area contributed by atoms with Crippen LogP contribution in [0.3, 0.4) is 0 Å². The van der Waals surface area contributed by atoms with Gasteiger partial charge in [-0.25, -0.2) is 0 Å². The molecule has 0 atom stereocenters. The van der Waals surface area contributed by atoms with Gasteiger partial charge >= 0.3 is 0 Å². The zero-order valence-corrected chi connectivity index (χ0v) is 14.9. The van der Waals surface area contributed by atoms with Crippen LogP contribution in [-0.4, -0.2) is 43.0 Å². The van der Waals surface area contributed by atoms with Crippen molar-refractivity contribution in [3.8, 4) is 0 Å². The number of halogens is 1. The Morgan fingerprint density at radius 2 is 1.42 bits per heavy atom. The summed E-state index contributed by atoms with van der Waals surface area (Å²) in [5.74, 6) is -0.692. The van der Waals surface area contributed by atoms with Crippen LogP contribution in [0, 0.1) is 0 Å². The molecule has 0 saturated carbocycles. The third-order valence-corrected chi connectivity index (χ3v) is 4.44. The van der Waals surface area contributed by atoms with Crippen molar-refractivity contribution in [1.82, 2.24) is 10.2 Å². The second-order valence-corrected chi connectivity index (χ2v) is 6.16. The first-order chi connectivity index (χ1) is 12.7. The summed E-state index contributed by atoms with van der Waals surface area (Å²) in [6, 6.07) is 17.8. The third kappa shape index (κ3) is 4.31. The lowest BCUT2D eigenvalue weighted by atomic mass is 10.1. The molecule has 0 aromatic heterocycles. The highest BCUT2D eigenvalue weighted by Crippen LogP contribution is 2.23. The third-order valence-electron chi connectivity index (χ3n) is 4.03. The van der Waals surface area contributed by atoms with E-state index in [1.807, 2.05) is 24.3 Å². The van der Waals surface area contributed by atoms with E-state index < -0.39 is 0 Å². The van der Waals surface area contributed by atoms with E-state index in [0.717, 1.165) is 0 Å². The highest BCUT2D eigenvalue weighted by atomic mass is 35.5. The molecular weight excluding hydrogens is 352 g/mol. The fourth-order valence-corrected chi connectivity index (χ4v) is 2.88. The number of carbonyl (C=O) groups excluding carboxylic acids is 2. The Morgan fingerprint density at radius 3 is 2.00 bits per heavy atom. The fraction of sp³-hybridized carbons (Fsp3) is 0.200. The Labute approximate surface area is 157 Å². The van der Waals surface area contributed by atoms with Crippen molar-refractivity contribution < 1.29 is 14.3 Å². The Morgan fingerprint density at radius 1 is 0.885 bits per heavy atom. The van der Waals surface area contributed by atoms with E-state index in [2.05, 4.69) is 5.32 Å². The molecule has 1 fully saturated rings. The van der Waals surface area contributed by atoms with E-state index in [4.69, 9.17) is 16.3 Å². The van der Waals surface area contributed by atoms with E-state index >= 15 is 0 Å². The maximum Gasteiger partial charge on any atom is 0.272 e. The minimum absolute atomic E-state index is 0.0774. The predicted molar refractivity (Wildman–Crippen MR) is 101 cm³/mol. The van der Waals surface area contributed by atoms with Crippen LogP contribution in [0.4, 0.5) is 0 Å². The van der Waals surface area contributed by atoms with Crippen molar-refractivity contribution in [3.63, 3.8) is 0 Å². The average molecular weight is 371 g/mol. The van der Waals surface area contributed by atoms with Crippen molar-refractivity contribution in [3.05, 3.63) is 77.5 Å². The molecule has 1 aliphatic rings. The van der Waals surface area contributed by atoms with Crippen LogP contribution in [0.1, 0.15) is 15.9 Å². The maximum absolute atomic E-state index is 13.0. The molecule has 5 nitrogen and oxygen atoms in total. The van der Waals surface area contributed by atoms with Gasteiger partial charge in [-0.15, -0.1) is 0 Å². The molecule has 2 amide bonds. The normalized spacial score (nSPS) is 15.2. The zero-order chi connectivity index (χ0) is 18.4. The molecule has 0 unspecified atom stereocenters. The minimum Gasteiger partial charge on any atom is -0.378 e. The number of benzene rings is 2. The van der Waals surface area contributed by atoms with Gasteiger partial charge in [0.05, 0.1) is 18.2 Å². The van der Waals surface area contributed by atoms with Gasteiger partial charge in [-0.3, -0.25) is 9.59 Å².